The number of hydroxylamine groups is 1. The van der Waals surface area contributed by atoms with E-state index in [-0.39, 0.29) is 0 Å². The van der Waals surface area contributed by atoms with Gasteiger partial charge in [-0.15, -0.1) is 11.3 Å². The molecular weight excluding hydrogens is 542 g/mol. The Hall–Kier alpha value is -3.36. The van der Waals surface area contributed by atoms with Crippen molar-refractivity contribution >= 4 is 54.6 Å². The Balaban J connectivity index is 0.00000187. The minimum absolute atomic E-state index is 0.378. The highest BCUT2D eigenvalue weighted by Crippen LogP contribution is 2.38. The molecule has 0 atom stereocenters. The van der Waals surface area contributed by atoms with Crippen molar-refractivity contribution in [1.29, 1.82) is 0 Å². The first-order chi connectivity index (χ1) is 19.9. The Morgan fingerprint density at radius 2 is 1.98 bits per heavy atom. The monoisotopic (exact) mass is 585 g/mol. The van der Waals surface area contributed by atoms with E-state index < -0.39 is 0 Å². The van der Waals surface area contributed by atoms with Crippen LogP contribution in [-0.2, 0) is 16.0 Å². The van der Waals surface area contributed by atoms with E-state index >= 15 is 0 Å². The molecule has 0 spiro atoms. The fourth-order valence-electron chi connectivity index (χ4n) is 3.91. The maximum absolute atomic E-state index is 11.0. The van der Waals surface area contributed by atoms with Crippen molar-refractivity contribution in [2.45, 2.75) is 26.2 Å². The number of rotatable bonds is 15. The molecule has 12 nitrogen and oxygen atoms in total. The van der Waals surface area contributed by atoms with Gasteiger partial charge in [-0.05, 0) is 45.5 Å². The van der Waals surface area contributed by atoms with Crippen LogP contribution in [0.4, 0.5) is 17.3 Å². The molecule has 1 aliphatic rings. The van der Waals surface area contributed by atoms with E-state index in [2.05, 4.69) is 62.2 Å². The van der Waals surface area contributed by atoms with E-state index in [1.807, 2.05) is 14.1 Å². The summed E-state index contributed by atoms with van der Waals surface area (Å²) in [6.45, 7) is 14.1. The second-order valence-electron chi connectivity index (χ2n) is 9.28. The lowest BCUT2D eigenvalue weighted by Crippen LogP contribution is -2.37. The van der Waals surface area contributed by atoms with Crippen LogP contribution in [0.1, 0.15) is 24.6 Å². The Morgan fingerprint density at radius 1 is 1.24 bits per heavy atom. The molecule has 1 fully saturated rings. The average Bonchev–Trinajstić information content (AvgIpc) is 3.47. The molecule has 13 heteroatoms. The minimum Gasteiger partial charge on any atom is -0.378 e. The van der Waals surface area contributed by atoms with Gasteiger partial charge in [-0.3, -0.25) is 24.7 Å². The van der Waals surface area contributed by atoms with Gasteiger partial charge in [0, 0.05) is 57.6 Å². The molecular formula is C28H43N9O3S. The second-order valence-corrected chi connectivity index (χ2v) is 10.4. The van der Waals surface area contributed by atoms with E-state index in [0.29, 0.717) is 49.8 Å². The van der Waals surface area contributed by atoms with Crippen LogP contribution in [-0.4, -0.2) is 113 Å². The zero-order chi connectivity index (χ0) is 30.0. The maximum Gasteiger partial charge on any atom is 0.173 e. The summed E-state index contributed by atoms with van der Waals surface area (Å²) in [4.78, 5) is 42.0. The Morgan fingerprint density at radius 3 is 2.61 bits per heavy atom. The van der Waals surface area contributed by atoms with Crippen molar-refractivity contribution in [3.63, 3.8) is 0 Å². The van der Waals surface area contributed by atoms with E-state index in [4.69, 9.17) is 19.9 Å². The smallest absolute Gasteiger partial charge is 0.173 e. The lowest BCUT2D eigenvalue weighted by Gasteiger charge is -2.31. The van der Waals surface area contributed by atoms with E-state index in [1.54, 1.807) is 16.8 Å². The van der Waals surface area contributed by atoms with Gasteiger partial charge in [0.1, 0.15) is 5.69 Å². The van der Waals surface area contributed by atoms with Gasteiger partial charge in [0.25, 0.3) is 0 Å². The molecule has 0 bridgehead atoms. The predicted octanol–water partition coefficient (Wildman–Crippen LogP) is 3.49. The number of aldehydes is 1. The third kappa shape index (κ3) is 10.9. The molecule has 2 aromatic heterocycles. The summed E-state index contributed by atoms with van der Waals surface area (Å²) in [7, 11) is 5.41. The first kappa shape index (κ1) is 33.8. The molecule has 1 saturated heterocycles. The highest BCUT2D eigenvalue weighted by Gasteiger charge is 2.24. The lowest BCUT2D eigenvalue weighted by atomic mass is 10.2. The Bertz CT molecular complexity index is 1160. The normalized spacial score (nSPS) is 13.7. The quantitative estimate of drug-likeness (QED) is 0.140. The largest absolute Gasteiger partial charge is 0.378 e. The van der Waals surface area contributed by atoms with Crippen LogP contribution in [0.2, 0.25) is 0 Å². The molecule has 0 saturated carbocycles. The summed E-state index contributed by atoms with van der Waals surface area (Å²) in [5.41, 5.74) is 2.81. The van der Waals surface area contributed by atoms with Crippen molar-refractivity contribution < 1.29 is 14.7 Å². The zero-order valence-corrected chi connectivity index (χ0v) is 25.4. The van der Waals surface area contributed by atoms with Crippen LogP contribution in [0, 0.1) is 0 Å². The van der Waals surface area contributed by atoms with Crippen LogP contribution in [0.3, 0.4) is 0 Å². The number of hydrogen-bond acceptors (Lipinski definition) is 13. The summed E-state index contributed by atoms with van der Waals surface area (Å²) in [6, 6.07) is 4.30. The van der Waals surface area contributed by atoms with E-state index in [0.717, 1.165) is 42.6 Å². The number of nitrogens with zero attached hydrogens (tertiary/aromatic N) is 8. The number of anilines is 2. The van der Waals surface area contributed by atoms with Crippen LogP contribution in [0.15, 0.2) is 38.9 Å². The van der Waals surface area contributed by atoms with Crippen molar-refractivity contribution in [2.75, 3.05) is 77.0 Å². The number of hydrogen-bond donors (Lipinski definition) is 2. The van der Waals surface area contributed by atoms with Crippen molar-refractivity contribution in [2.24, 2.45) is 15.0 Å². The van der Waals surface area contributed by atoms with Gasteiger partial charge in [0.05, 0.1) is 30.3 Å². The standard InChI is InChI=1S/C27H38N8O2S.CH5NO/c1-6-7-8-22-9-10-23(38-22)25-31-26(24(29-3)27(32-25)35-13-15-37-16-14-35)34(5)12-11-33(4)20-30-18-21(19-36)17-28-2;1-2-3/h9-10,17-19H,2-3,6-8,11-16,20H2,1,4-5H3;2-3H,1H3/b21-17+,30-18-;. The van der Waals surface area contributed by atoms with Crippen molar-refractivity contribution in [1.82, 2.24) is 20.3 Å². The number of morpholine rings is 1. The van der Waals surface area contributed by atoms with Crippen LogP contribution in [0.5, 0.6) is 0 Å². The molecule has 1 aliphatic heterocycles. The van der Waals surface area contributed by atoms with Crippen LogP contribution < -0.4 is 15.3 Å². The van der Waals surface area contributed by atoms with Crippen molar-refractivity contribution in [3.8, 4) is 10.7 Å². The fraction of sp³-hybridized carbons (Fsp3) is 0.500. The Kier molecular flexibility index (Phi) is 15.6. The fourth-order valence-corrected chi connectivity index (χ4v) is 4.89. The molecule has 3 heterocycles. The van der Waals surface area contributed by atoms with Gasteiger partial charge < -0.3 is 19.7 Å². The zero-order valence-electron chi connectivity index (χ0n) is 24.6. The van der Waals surface area contributed by atoms with Gasteiger partial charge in [-0.2, -0.15) is 0 Å². The predicted molar refractivity (Wildman–Crippen MR) is 170 cm³/mol. The summed E-state index contributed by atoms with van der Waals surface area (Å²) in [5, 5.41) is 7.32. The van der Waals surface area contributed by atoms with E-state index in [9.17, 15) is 4.79 Å². The number of aliphatic imine (C=N–C) groups is 3. The van der Waals surface area contributed by atoms with Gasteiger partial charge in [0.2, 0.25) is 0 Å². The summed E-state index contributed by atoms with van der Waals surface area (Å²) in [6.07, 6.45) is 6.99. The van der Waals surface area contributed by atoms with Gasteiger partial charge >= 0.3 is 0 Å². The second kappa shape index (κ2) is 18.9. The number of carbonyl (C=O) groups is 1. The first-order valence-electron chi connectivity index (χ1n) is 13.5. The summed E-state index contributed by atoms with van der Waals surface area (Å²) < 4.78 is 5.57. The molecule has 2 aromatic rings. The third-order valence-corrected chi connectivity index (χ3v) is 7.23. The first-order valence-corrected chi connectivity index (χ1v) is 14.4. The molecule has 0 amide bonds. The molecule has 0 aliphatic carbocycles. The summed E-state index contributed by atoms with van der Waals surface area (Å²) >= 11 is 1.75. The highest BCUT2D eigenvalue weighted by molar-refractivity contribution is 7.15. The van der Waals surface area contributed by atoms with Gasteiger partial charge in [0.15, 0.2) is 23.7 Å². The number of aromatic nitrogens is 2. The molecule has 3 rings (SSSR count). The number of allylic oxidation sites excluding steroid dienone is 1. The number of thiophene rings is 1. The molecule has 0 radical (unpaired) electrons. The number of nitrogens with one attached hydrogen (secondary N) is 1. The van der Waals surface area contributed by atoms with Gasteiger partial charge in [-0.1, -0.05) is 13.3 Å². The summed E-state index contributed by atoms with van der Waals surface area (Å²) in [5.74, 6) is 2.24. The minimum atomic E-state index is 0.378. The topological polar surface area (TPSA) is 131 Å². The number of aryl methyl sites for hydroxylation is 1. The number of likely N-dealkylation sites (N-methyl/N-ethyl adjacent to an activating group) is 2. The number of ether oxygens (including phenoxy) is 1. The number of carbonyl (C=O) groups excluding carboxylic acids is 1. The molecule has 224 valence electrons. The molecule has 0 aromatic carbocycles. The molecule has 0 unspecified atom stereocenters. The van der Waals surface area contributed by atoms with Gasteiger partial charge in [-0.25, -0.2) is 15.4 Å². The lowest BCUT2D eigenvalue weighted by molar-refractivity contribution is -0.104. The highest BCUT2D eigenvalue weighted by atomic mass is 32.1. The number of unbranched alkanes of at least 4 members (excludes halogenated alkanes) is 1. The van der Waals surface area contributed by atoms with Crippen molar-refractivity contribution in [3.05, 3.63) is 28.8 Å². The third-order valence-electron chi connectivity index (χ3n) is 6.09. The average molecular weight is 586 g/mol. The maximum atomic E-state index is 11.0. The van der Waals surface area contributed by atoms with Crippen LogP contribution in [0.25, 0.3) is 10.7 Å². The molecule has 41 heavy (non-hydrogen) atoms. The molecule has 2 N–H and O–H groups in total. The Labute approximate surface area is 247 Å². The van der Waals surface area contributed by atoms with Crippen LogP contribution >= 0.6 is 11.3 Å². The SMILES string of the molecule is C=N/C=C(C=O)\C=N/CN(C)CCN(C)c1nc(-c2ccc(CCCC)s2)nc(N2CCOCC2)c1N=C.CNO. The van der Waals surface area contributed by atoms with E-state index in [1.165, 1.54) is 37.2 Å².